The number of nitrogens with zero attached hydrogens (tertiary/aromatic N) is 1. The van der Waals surface area contributed by atoms with Gasteiger partial charge < -0.3 is 10.1 Å². The molecular formula is C12H8N2O2. The minimum absolute atomic E-state index is 0.157. The SMILES string of the molecule is N#Cc1ccc(-c2cc[nH]c2C(=O)O)cc1. The first-order valence-corrected chi connectivity index (χ1v) is 4.63. The number of nitrogens with one attached hydrogen (secondary N) is 1. The van der Waals surface area contributed by atoms with Gasteiger partial charge in [-0.15, -0.1) is 0 Å². The molecule has 4 heteroatoms. The van der Waals surface area contributed by atoms with Crippen molar-refractivity contribution in [3.63, 3.8) is 0 Å². The van der Waals surface area contributed by atoms with Crippen molar-refractivity contribution in [1.29, 1.82) is 5.26 Å². The summed E-state index contributed by atoms with van der Waals surface area (Å²) in [6.07, 6.45) is 1.58. The number of hydrogen-bond acceptors (Lipinski definition) is 2. The molecule has 0 bridgehead atoms. The van der Waals surface area contributed by atoms with Gasteiger partial charge in [-0.1, -0.05) is 12.1 Å². The Balaban J connectivity index is 2.47. The Morgan fingerprint density at radius 3 is 2.50 bits per heavy atom. The number of benzene rings is 1. The average Bonchev–Trinajstić information content (AvgIpc) is 2.78. The third-order valence-electron chi connectivity index (χ3n) is 2.29. The second-order valence-corrected chi connectivity index (χ2v) is 3.26. The summed E-state index contributed by atoms with van der Waals surface area (Å²) < 4.78 is 0. The zero-order valence-electron chi connectivity index (χ0n) is 8.27. The van der Waals surface area contributed by atoms with E-state index in [1.807, 2.05) is 6.07 Å². The van der Waals surface area contributed by atoms with Gasteiger partial charge in [0.25, 0.3) is 0 Å². The van der Waals surface area contributed by atoms with Crippen LogP contribution >= 0.6 is 0 Å². The molecular weight excluding hydrogens is 204 g/mol. The number of carboxylic acids is 1. The predicted molar refractivity (Wildman–Crippen MR) is 57.9 cm³/mol. The Hall–Kier alpha value is -2.54. The summed E-state index contributed by atoms with van der Waals surface area (Å²) in [4.78, 5) is 13.6. The van der Waals surface area contributed by atoms with E-state index in [1.54, 1.807) is 36.5 Å². The zero-order chi connectivity index (χ0) is 11.5. The van der Waals surface area contributed by atoms with Crippen LogP contribution in [0.3, 0.4) is 0 Å². The van der Waals surface area contributed by atoms with Gasteiger partial charge in [0.2, 0.25) is 0 Å². The van der Waals surface area contributed by atoms with Crippen LogP contribution in [0.15, 0.2) is 36.5 Å². The average molecular weight is 212 g/mol. The van der Waals surface area contributed by atoms with Crippen molar-refractivity contribution in [2.45, 2.75) is 0 Å². The molecule has 0 amide bonds. The van der Waals surface area contributed by atoms with Crippen LogP contribution in [0.1, 0.15) is 16.1 Å². The van der Waals surface area contributed by atoms with E-state index in [0.29, 0.717) is 11.1 Å². The molecule has 0 fully saturated rings. The maximum atomic E-state index is 10.9. The van der Waals surface area contributed by atoms with Crippen LogP contribution in [0.4, 0.5) is 0 Å². The number of aromatic nitrogens is 1. The number of nitriles is 1. The van der Waals surface area contributed by atoms with Crippen molar-refractivity contribution in [2.24, 2.45) is 0 Å². The van der Waals surface area contributed by atoms with Gasteiger partial charge in [0, 0.05) is 11.8 Å². The molecule has 1 aromatic carbocycles. The van der Waals surface area contributed by atoms with Crippen molar-refractivity contribution in [3.05, 3.63) is 47.8 Å². The fourth-order valence-electron chi connectivity index (χ4n) is 1.51. The van der Waals surface area contributed by atoms with Gasteiger partial charge >= 0.3 is 5.97 Å². The van der Waals surface area contributed by atoms with Crippen LogP contribution in [0.2, 0.25) is 0 Å². The van der Waals surface area contributed by atoms with Gasteiger partial charge in [-0.3, -0.25) is 0 Å². The summed E-state index contributed by atoms with van der Waals surface area (Å²) in [5.41, 5.74) is 2.11. The van der Waals surface area contributed by atoms with Gasteiger partial charge in [-0.25, -0.2) is 4.79 Å². The van der Waals surface area contributed by atoms with Gasteiger partial charge in [-0.2, -0.15) is 5.26 Å². The van der Waals surface area contributed by atoms with Crippen LogP contribution in [0.5, 0.6) is 0 Å². The van der Waals surface area contributed by atoms with Crippen molar-refractivity contribution in [1.82, 2.24) is 4.98 Å². The Bertz CT molecular complexity index is 561. The van der Waals surface area contributed by atoms with Crippen LogP contribution in [-0.4, -0.2) is 16.1 Å². The lowest BCUT2D eigenvalue weighted by Crippen LogP contribution is -1.98. The van der Waals surface area contributed by atoms with E-state index in [-0.39, 0.29) is 5.69 Å². The molecule has 0 saturated heterocycles. The van der Waals surface area contributed by atoms with Crippen molar-refractivity contribution in [2.75, 3.05) is 0 Å². The largest absolute Gasteiger partial charge is 0.477 e. The third-order valence-corrected chi connectivity index (χ3v) is 2.29. The number of hydrogen-bond donors (Lipinski definition) is 2. The van der Waals surface area contributed by atoms with E-state index in [9.17, 15) is 4.79 Å². The highest BCUT2D eigenvalue weighted by Gasteiger charge is 2.12. The zero-order valence-corrected chi connectivity index (χ0v) is 8.27. The highest BCUT2D eigenvalue weighted by atomic mass is 16.4. The summed E-state index contributed by atoms with van der Waals surface area (Å²) in [7, 11) is 0. The molecule has 0 aliphatic heterocycles. The molecule has 16 heavy (non-hydrogen) atoms. The fraction of sp³-hybridized carbons (Fsp3) is 0. The Morgan fingerprint density at radius 2 is 1.94 bits per heavy atom. The van der Waals surface area contributed by atoms with Crippen LogP contribution in [-0.2, 0) is 0 Å². The first-order valence-electron chi connectivity index (χ1n) is 4.63. The molecule has 2 rings (SSSR count). The molecule has 0 aliphatic rings. The van der Waals surface area contributed by atoms with Gasteiger partial charge in [-0.05, 0) is 23.8 Å². The van der Waals surface area contributed by atoms with Gasteiger partial charge in [0.1, 0.15) is 5.69 Å². The molecule has 0 aliphatic carbocycles. The molecule has 0 unspecified atom stereocenters. The first-order chi connectivity index (χ1) is 7.72. The number of carboxylic acid groups (broad SMARTS) is 1. The summed E-state index contributed by atoms with van der Waals surface area (Å²) in [6.45, 7) is 0. The van der Waals surface area contributed by atoms with E-state index in [4.69, 9.17) is 10.4 Å². The maximum absolute atomic E-state index is 10.9. The lowest BCUT2D eigenvalue weighted by Gasteiger charge is -2.00. The lowest BCUT2D eigenvalue weighted by atomic mass is 10.0. The molecule has 1 heterocycles. The molecule has 0 atom stereocenters. The van der Waals surface area contributed by atoms with E-state index in [1.165, 1.54) is 0 Å². The van der Waals surface area contributed by atoms with E-state index >= 15 is 0 Å². The molecule has 4 nitrogen and oxygen atoms in total. The fourth-order valence-corrected chi connectivity index (χ4v) is 1.51. The smallest absolute Gasteiger partial charge is 0.352 e. The topological polar surface area (TPSA) is 76.9 Å². The molecule has 0 saturated carbocycles. The van der Waals surface area contributed by atoms with Crippen LogP contribution in [0.25, 0.3) is 11.1 Å². The minimum atomic E-state index is -0.996. The highest BCUT2D eigenvalue weighted by molar-refractivity contribution is 5.94. The summed E-state index contributed by atoms with van der Waals surface area (Å²) in [5, 5.41) is 17.6. The Kier molecular flexibility index (Phi) is 2.44. The third kappa shape index (κ3) is 1.66. The summed E-state index contributed by atoms with van der Waals surface area (Å²) in [6, 6.07) is 10.5. The normalized spacial score (nSPS) is 9.69. The number of H-pyrrole nitrogens is 1. The molecule has 2 N–H and O–H groups in total. The monoisotopic (exact) mass is 212 g/mol. The Morgan fingerprint density at radius 1 is 1.25 bits per heavy atom. The second-order valence-electron chi connectivity index (χ2n) is 3.26. The summed E-state index contributed by atoms with van der Waals surface area (Å²) in [5.74, 6) is -0.996. The quantitative estimate of drug-likeness (QED) is 0.801. The number of aromatic amines is 1. The van der Waals surface area contributed by atoms with E-state index in [2.05, 4.69) is 4.98 Å². The highest BCUT2D eigenvalue weighted by Crippen LogP contribution is 2.23. The van der Waals surface area contributed by atoms with Crippen molar-refractivity contribution >= 4 is 5.97 Å². The predicted octanol–water partition coefficient (Wildman–Crippen LogP) is 2.25. The maximum Gasteiger partial charge on any atom is 0.352 e. The van der Waals surface area contributed by atoms with Crippen molar-refractivity contribution in [3.8, 4) is 17.2 Å². The first kappa shape index (κ1) is 9.99. The summed E-state index contributed by atoms with van der Waals surface area (Å²) >= 11 is 0. The molecule has 0 radical (unpaired) electrons. The Labute approximate surface area is 91.8 Å². The van der Waals surface area contributed by atoms with Gasteiger partial charge in [0.15, 0.2) is 0 Å². The lowest BCUT2D eigenvalue weighted by molar-refractivity contribution is 0.0692. The molecule has 1 aromatic heterocycles. The number of aromatic carboxylic acids is 1. The second kappa shape index (κ2) is 3.91. The van der Waals surface area contributed by atoms with Crippen LogP contribution < -0.4 is 0 Å². The minimum Gasteiger partial charge on any atom is -0.477 e. The number of carbonyl (C=O) groups is 1. The standard InChI is InChI=1S/C12H8N2O2/c13-7-8-1-3-9(4-2-8)10-5-6-14-11(10)12(15)16/h1-6,14H,(H,15,16). The molecule has 78 valence electrons. The molecule has 2 aromatic rings. The molecule has 0 spiro atoms. The van der Waals surface area contributed by atoms with Crippen molar-refractivity contribution < 1.29 is 9.90 Å². The number of rotatable bonds is 2. The van der Waals surface area contributed by atoms with Crippen LogP contribution in [0, 0.1) is 11.3 Å². The van der Waals surface area contributed by atoms with E-state index < -0.39 is 5.97 Å². The van der Waals surface area contributed by atoms with Gasteiger partial charge in [0.05, 0.1) is 11.6 Å². The van der Waals surface area contributed by atoms with E-state index in [0.717, 1.165) is 5.56 Å².